The Bertz CT molecular complexity index is 702. The van der Waals surface area contributed by atoms with E-state index < -0.39 is 0 Å². The number of hydrogen-bond acceptors (Lipinski definition) is 2. The summed E-state index contributed by atoms with van der Waals surface area (Å²) in [6, 6.07) is 14.7. The van der Waals surface area contributed by atoms with Gasteiger partial charge in [0.25, 0.3) is 0 Å². The molecule has 3 rings (SSSR count). The van der Waals surface area contributed by atoms with Crippen LogP contribution in [0, 0.1) is 6.92 Å². The summed E-state index contributed by atoms with van der Waals surface area (Å²) in [6.45, 7) is 2.03. The maximum atomic E-state index is 4.67. The standard InChI is InChI=1S/C15H14N2/c1-10-9-14(16-2)13-8-7-11-5-3-4-6-12(11)15(13)17-10/h3-9H,1-2H3,(H,16,17). The highest BCUT2D eigenvalue weighted by atomic mass is 14.8. The number of fused-ring (bicyclic) bond motifs is 3. The summed E-state index contributed by atoms with van der Waals surface area (Å²) in [5, 5.41) is 6.86. The summed E-state index contributed by atoms with van der Waals surface area (Å²) in [7, 11) is 1.95. The molecule has 0 radical (unpaired) electrons. The van der Waals surface area contributed by atoms with Gasteiger partial charge in [0, 0.05) is 29.2 Å². The number of hydrogen-bond donors (Lipinski definition) is 1. The average molecular weight is 222 g/mol. The fourth-order valence-electron chi connectivity index (χ4n) is 2.30. The van der Waals surface area contributed by atoms with E-state index in [1.807, 2.05) is 14.0 Å². The Morgan fingerprint density at radius 2 is 1.82 bits per heavy atom. The highest BCUT2D eigenvalue weighted by Gasteiger charge is 2.05. The molecule has 2 heteroatoms. The predicted octanol–water partition coefficient (Wildman–Crippen LogP) is 3.74. The Morgan fingerprint density at radius 1 is 1.00 bits per heavy atom. The zero-order valence-electron chi connectivity index (χ0n) is 9.99. The molecule has 0 amide bonds. The Kier molecular flexibility index (Phi) is 2.22. The lowest BCUT2D eigenvalue weighted by atomic mass is 10.0. The Morgan fingerprint density at radius 3 is 2.65 bits per heavy atom. The van der Waals surface area contributed by atoms with E-state index in [0.717, 1.165) is 16.9 Å². The third-order valence-electron chi connectivity index (χ3n) is 3.10. The normalized spacial score (nSPS) is 10.9. The second-order valence-corrected chi connectivity index (χ2v) is 4.24. The van der Waals surface area contributed by atoms with Crippen LogP contribution in [0.2, 0.25) is 0 Å². The smallest absolute Gasteiger partial charge is 0.0804 e. The van der Waals surface area contributed by atoms with Crippen LogP contribution in [-0.4, -0.2) is 12.0 Å². The molecule has 0 spiro atoms. The second kappa shape index (κ2) is 3.74. The molecule has 0 aliphatic rings. The largest absolute Gasteiger partial charge is 0.388 e. The number of benzene rings is 2. The average Bonchev–Trinajstić information content (AvgIpc) is 2.37. The van der Waals surface area contributed by atoms with Crippen molar-refractivity contribution in [1.82, 2.24) is 4.98 Å². The Balaban J connectivity index is 2.54. The molecule has 2 aromatic carbocycles. The number of pyridine rings is 1. The topological polar surface area (TPSA) is 24.9 Å². The predicted molar refractivity (Wildman–Crippen MR) is 73.5 cm³/mol. The molecule has 2 nitrogen and oxygen atoms in total. The SMILES string of the molecule is CNc1cc(C)nc2c1ccc1ccccc12. The lowest BCUT2D eigenvalue weighted by molar-refractivity contribution is 1.26. The van der Waals surface area contributed by atoms with Crippen molar-refractivity contribution in [3.8, 4) is 0 Å². The van der Waals surface area contributed by atoms with Gasteiger partial charge < -0.3 is 5.32 Å². The maximum Gasteiger partial charge on any atom is 0.0804 e. The lowest BCUT2D eigenvalue weighted by Gasteiger charge is -2.09. The minimum absolute atomic E-state index is 1.04. The van der Waals surface area contributed by atoms with Crippen LogP contribution >= 0.6 is 0 Å². The van der Waals surface area contributed by atoms with Crippen LogP contribution in [0.4, 0.5) is 5.69 Å². The fourth-order valence-corrected chi connectivity index (χ4v) is 2.30. The number of anilines is 1. The first-order valence-electron chi connectivity index (χ1n) is 5.76. The van der Waals surface area contributed by atoms with Crippen LogP contribution in [0.15, 0.2) is 42.5 Å². The molecular weight excluding hydrogens is 208 g/mol. The van der Waals surface area contributed by atoms with E-state index in [9.17, 15) is 0 Å². The zero-order valence-corrected chi connectivity index (χ0v) is 9.99. The van der Waals surface area contributed by atoms with E-state index in [1.165, 1.54) is 16.2 Å². The highest BCUT2D eigenvalue weighted by Crippen LogP contribution is 2.29. The molecule has 1 aromatic heterocycles. The van der Waals surface area contributed by atoms with Gasteiger partial charge in [0.1, 0.15) is 0 Å². The van der Waals surface area contributed by atoms with E-state index in [0.29, 0.717) is 0 Å². The minimum atomic E-state index is 1.04. The van der Waals surface area contributed by atoms with E-state index in [4.69, 9.17) is 0 Å². The molecule has 0 unspecified atom stereocenters. The van der Waals surface area contributed by atoms with E-state index in [-0.39, 0.29) is 0 Å². The first-order valence-corrected chi connectivity index (χ1v) is 5.76. The van der Waals surface area contributed by atoms with Crippen molar-refractivity contribution >= 4 is 27.4 Å². The molecule has 84 valence electrons. The van der Waals surface area contributed by atoms with Crippen LogP contribution in [0.3, 0.4) is 0 Å². The first kappa shape index (κ1) is 10.1. The van der Waals surface area contributed by atoms with Crippen molar-refractivity contribution in [1.29, 1.82) is 0 Å². The molecule has 0 aliphatic heterocycles. The molecule has 1 heterocycles. The molecule has 0 fully saturated rings. The van der Waals surface area contributed by atoms with Gasteiger partial charge in [0.15, 0.2) is 0 Å². The van der Waals surface area contributed by atoms with Crippen LogP contribution in [0.25, 0.3) is 21.7 Å². The van der Waals surface area contributed by atoms with E-state index >= 15 is 0 Å². The fraction of sp³-hybridized carbons (Fsp3) is 0.133. The molecule has 0 saturated carbocycles. The van der Waals surface area contributed by atoms with Crippen molar-refractivity contribution in [2.75, 3.05) is 12.4 Å². The van der Waals surface area contributed by atoms with Gasteiger partial charge >= 0.3 is 0 Å². The maximum absolute atomic E-state index is 4.67. The number of nitrogens with zero attached hydrogens (tertiary/aromatic N) is 1. The zero-order chi connectivity index (χ0) is 11.8. The molecule has 0 atom stereocenters. The molecule has 0 bridgehead atoms. The van der Waals surface area contributed by atoms with Crippen molar-refractivity contribution in [3.05, 3.63) is 48.2 Å². The van der Waals surface area contributed by atoms with Crippen molar-refractivity contribution in [2.24, 2.45) is 0 Å². The molecule has 1 N–H and O–H groups in total. The van der Waals surface area contributed by atoms with Gasteiger partial charge in [-0.25, -0.2) is 0 Å². The third kappa shape index (κ3) is 1.53. The quantitative estimate of drug-likeness (QED) is 0.634. The summed E-state index contributed by atoms with van der Waals surface area (Å²) >= 11 is 0. The molecular formula is C15H14N2. The van der Waals surface area contributed by atoms with Gasteiger partial charge in [-0.3, -0.25) is 4.98 Å². The van der Waals surface area contributed by atoms with Crippen LogP contribution in [-0.2, 0) is 0 Å². The van der Waals surface area contributed by atoms with Gasteiger partial charge in [0.05, 0.1) is 5.52 Å². The Labute approximate surface area is 100 Å². The van der Waals surface area contributed by atoms with Crippen molar-refractivity contribution in [2.45, 2.75) is 6.92 Å². The first-order chi connectivity index (χ1) is 8.29. The van der Waals surface area contributed by atoms with Crippen molar-refractivity contribution < 1.29 is 0 Å². The highest BCUT2D eigenvalue weighted by molar-refractivity contribution is 6.09. The van der Waals surface area contributed by atoms with E-state index in [2.05, 4.69) is 52.8 Å². The van der Waals surface area contributed by atoms with Crippen LogP contribution in [0.5, 0.6) is 0 Å². The second-order valence-electron chi connectivity index (χ2n) is 4.24. The minimum Gasteiger partial charge on any atom is -0.388 e. The summed E-state index contributed by atoms with van der Waals surface area (Å²) in [4.78, 5) is 4.67. The van der Waals surface area contributed by atoms with Crippen molar-refractivity contribution in [3.63, 3.8) is 0 Å². The van der Waals surface area contributed by atoms with Gasteiger partial charge in [-0.15, -0.1) is 0 Å². The van der Waals surface area contributed by atoms with E-state index in [1.54, 1.807) is 0 Å². The van der Waals surface area contributed by atoms with Crippen LogP contribution < -0.4 is 5.32 Å². The van der Waals surface area contributed by atoms with Crippen LogP contribution in [0.1, 0.15) is 5.69 Å². The number of aromatic nitrogens is 1. The third-order valence-corrected chi connectivity index (χ3v) is 3.10. The number of aryl methyl sites for hydroxylation is 1. The number of rotatable bonds is 1. The van der Waals surface area contributed by atoms with Gasteiger partial charge in [0.2, 0.25) is 0 Å². The molecule has 0 saturated heterocycles. The monoisotopic (exact) mass is 222 g/mol. The van der Waals surface area contributed by atoms with Gasteiger partial charge in [-0.05, 0) is 18.4 Å². The van der Waals surface area contributed by atoms with Gasteiger partial charge in [-0.1, -0.05) is 36.4 Å². The molecule has 17 heavy (non-hydrogen) atoms. The summed E-state index contributed by atoms with van der Waals surface area (Å²) < 4.78 is 0. The molecule has 3 aromatic rings. The summed E-state index contributed by atoms with van der Waals surface area (Å²) in [6.07, 6.45) is 0. The lowest BCUT2D eigenvalue weighted by Crippen LogP contribution is -1.94. The summed E-state index contributed by atoms with van der Waals surface area (Å²) in [5.74, 6) is 0. The number of nitrogens with one attached hydrogen (secondary N) is 1. The summed E-state index contributed by atoms with van der Waals surface area (Å²) in [5.41, 5.74) is 3.25. The molecule has 0 aliphatic carbocycles. The Hall–Kier alpha value is -2.09. The van der Waals surface area contributed by atoms with Gasteiger partial charge in [-0.2, -0.15) is 0 Å².